The lowest BCUT2D eigenvalue weighted by molar-refractivity contribution is -0.104. The van der Waals surface area contributed by atoms with Gasteiger partial charge in [-0.1, -0.05) is 59.1 Å². The number of hydrogen-bond donors (Lipinski definition) is 2. The molecule has 1 aliphatic rings. The Morgan fingerprint density at radius 2 is 1.94 bits per heavy atom. The molecule has 1 saturated carbocycles. The number of carbonyl (C=O) groups excluding carboxylic acids is 1. The third kappa shape index (κ3) is 14.6. The molecule has 1 aliphatic carbocycles. The number of anilines is 1. The van der Waals surface area contributed by atoms with Crippen molar-refractivity contribution in [2.75, 3.05) is 18.7 Å². The number of aliphatic hydroxyl groups excluding tert-OH is 1. The number of thiophene rings is 1. The van der Waals surface area contributed by atoms with Crippen molar-refractivity contribution in [3.05, 3.63) is 40.8 Å². The third-order valence-corrected chi connectivity index (χ3v) is 6.58. The number of aliphatic hydroxyl groups is 1. The van der Waals surface area contributed by atoms with Crippen LogP contribution in [-0.2, 0) is 16.1 Å². The minimum absolute atomic E-state index is 0.195. The van der Waals surface area contributed by atoms with Crippen molar-refractivity contribution in [2.45, 2.75) is 99.8 Å². The van der Waals surface area contributed by atoms with E-state index in [4.69, 9.17) is 4.84 Å². The predicted molar refractivity (Wildman–Crippen MR) is 143 cm³/mol. The SMILES string of the molecule is C/C=C(\C)C=O.C=CCCC.CC.CCc1cc(C)c(NOCC2(CCO)CCCC2)s1. The first kappa shape index (κ1) is 32.7. The summed E-state index contributed by atoms with van der Waals surface area (Å²) in [5.74, 6) is 0. The van der Waals surface area contributed by atoms with Gasteiger partial charge in [-0.15, -0.1) is 17.9 Å². The first-order chi connectivity index (χ1) is 15.4. The van der Waals surface area contributed by atoms with Gasteiger partial charge in [0.2, 0.25) is 0 Å². The number of hydrogen-bond acceptors (Lipinski definition) is 5. The van der Waals surface area contributed by atoms with Gasteiger partial charge in [0.15, 0.2) is 0 Å². The van der Waals surface area contributed by atoms with E-state index in [1.807, 2.05) is 26.8 Å². The summed E-state index contributed by atoms with van der Waals surface area (Å²) in [5, 5.41) is 10.3. The smallest absolute Gasteiger partial charge is 0.145 e. The Morgan fingerprint density at radius 3 is 2.28 bits per heavy atom. The lowest BCUT2D eigenvalue weighted by atomic mass is 9.84. The molecule has 0 saturated heterocycles. The molecule has 4 nitrogen and oxygen atoms in total. The molecule has 1 aromatic heterocycles. The molecule has 0 unspecified atom stereocenters. The quantitative estimate of drug-likeness (QED) is 0.158. The molecule has 0 aromatic carbocycles. The van der Waals surface area contributed by atoms with Crippen LogP contribution in [0.25, 0.3) is 0 Å². The topological polar surface area (TPSA) is 58.6 Å². The number of aryl methyl sites for hydroxylation is 2. The number of allylic oxidation sites excluding steroid dienone is 3. The summed E-state index contributed by atoms with van der Waals surface area (Å²) in [6, 6.07) is 2.22. The molecule has 1 heterocycles. The van der Waals surface area contributed by atoms with Crippen molar-refractivity contribution in [1.82, 2.24) is 0 Å². The lowest BCUT2D eigenvalue weighted by Crippen LogP contribution is -2.26. The van der Waals surface area contributed by atoms with Crippen molar-refractivity contribution < 1.29 is 14.7 Å². The maximum absolute atomic E-state index is 9.67. The van der Waals surface area contributed by atoms with Gasteiger partial charge in [-0.25, -0.2) is 0 Å². The lowest BCUT2D eigenvalue weighted by Gasteiger charge is -2.27. The minimum Gasteiger partial charge on any atom is -0.396 e. The summed E-state index contributed by atoms with van der Waals surface area (Å²) in [7, 11) is 0. The van der Waals surface area contributed by atoms with Crippen LogP contribution in [0.1, 0.15) is 96.9 Å². The van der Waals surface area contributed by atoms with E-state index < -0.39 is 0 Å². The Bertz CT molecular complexity index is 616. The van der Waals surface area contributed by atoms with Crippen molar-refractivity contribution in [3.63, 3.8) is 0 Å². The van der Waals surface area contributed by atoms with E-state index in [1.165, 1.54) is 42.5 Å². The van der Waals surface area contributed by atoms with Crippen LogP contribution in [0.3, 0.4) is 0 Å². The Labute approximate surface area is 202 Å². The molecule has 0 amide bonds. The van der Waals surface area contributed by atoms with Crippen LogP contribution in [0, 0.1) is 12.3 Å². The molecule has 0 atom stereocenters. The van der Waals surface area contributed by atoms with E-state index in [1.54, 1.807) is 24.3 Å². The van der Waals surface area contributed by atoms with Gasteiger partial charge in [-0.3, -0.25) is 15.1 Å². The van der Waals surface area contributed by atoms with E-state index >= 15 is 0 Å². The average Bonchev–Trinajstić information content (AvgIpc) is 3.43. The summed E-state index contributed by atoms with van der Waals surface area (Å²) in [6.45, 7) is 18.5. The van der Waals surface area contributed by atoms with Crippen LogP contribution in [-0.4, -0.2) is 24.6 Å². The second kappa shape index (κ2) is 21.4. The fraction of sp³-hybridized carbons (Fsp3) is 0.667. The largest absolute Gasteiger partial charge is 0.396 e. The number of carbonyl (C=O) groups is 1. The van der Waals surface area contributed by atoms with Gasteiger partial charge in [0, 0.05) is 11.5 Å². The zero-order chi connectivity index (χ0) is 24.8. The van der Waals surface area contributed by atoms with Gasteiger partial charge in [-0.2, -0.15) is 0 Å². The summed E-state index contributed by atoms with van der Waals surface area (Å²) in [5.41, 5.74) is 5.35. The average molecular weight is 468 g/mol. The maximum Gasteiger partial charge on any atom is 0.145 e. The number of aldehydes is 1. The zero-order valence-electron chi connectivity index (χ0n) is 21.8. The number of unbranched alkanes of at least 4 members (excludes halogenated alkanes) is 1. The highest BCUT2D eigenvalue weighted by atomic mass is 32.1. The second-order valence-electron chi connectivity index (χ2n) is 7.88. The van der Waals surface area contributed by atoms with Gasteiger partial charge in [0.1, 0.15) is 11.3 Å². The first-order valence-electron chi connectivity index (χ1n) is 12.2. The van der Waals surface area contributed by atoms with Crippen LogP contribution >= 0.6 is 11.3 Å². The Balaban J connectivity index is 0. The van der Waals surface area contributed by atoms with E-state index in [0.29, 0.717) is 6.61 Å². The van der Waals surface area contributed by atoms with Crippen LogP contribution in [0.2, 0.25) is 0 Å². The highest BCUT2D eigenvalue weighted by Gasteiger charge is 2.33. The molecule has 0 bridgehead atoms. The minimum atomic E-state index is 0.195. The summed E-state index contributed by atoms with van der Waals surface area (Å²) < 4.78 is 0. The molecule has 0 radical (unpaired) electrons. The molecule has 0 aliphatic heterocycles. The van der Waals surface area contributed by atoms with E-state index in [9.17, 15) is 9.90 Å². The van der Waals surface area contributed by atoms with Crippen LogP contribution < -0.4 is 5.48 Å². The van der Waals surface area contributed by atoms with Crippen molar-refractivity contribution in [2.24, 2.45) is 5.41 Å². The van der Waals surface area contributed by atoms with Crippen LogP contribution in [0.4, 0.5) is 5.00 Å². The van der Waals surface area contributed by atoms with Gasteiger partial charge < -0.3 is 5.11 Å². The molecule has 1 fully saturated rings. The highest BCUT2D eigenvalue weighted by Crippen LogP contribution is 2.41. The van der Waals surface area contributed by atoms with Gasteiger partial charge in [0.25, 0.3) is 0 Å². The Hall–Kier alpha value is -1.43. The zero-order valence-corrected chi connectivity index (χ0v) is 22.6. The molecule has 2 rings (SSSR count). The van der Waals surface area contributed by atoms with E-state index in [2.05, 4.69) is 38.9 Å². The number of nitrogens with one attached hydrogen (secondary N) is 1. The van der Waals surface area contributed by atoms with Crippen LogP contribution in [0.15, 0.2) is 30.4 Å². The van der Waals surface area contributed by atoms with Crippen LogP contribution in [0.5, 0.6) is 0 Å². The van der Waals surface area contributed by atoms with Crippen molar-refractivity contribution in [1.29, 1.82) is 0 Å². The highest BCUT2D eigenvalue weighted by molar-refractivity contribution is 7.16. The molecule has 186 valence electrons. The van der Waals surface area contributed by atoms with E-state index in [0.717, 1.165) is 36.1 Å². The second-order valence-corrected chi connectivity index (χ2v) is 9.01. The number of rotatable bonds is 10. The Kier molecular flexibility index (Phi) is 21.9. The van der Waals surface area contributed by atoms with Crippen molar-refractivity contribution in [3.8, 4) is 0 Å². The maximum atomic E-state index is 9.67. The van der Waals surface area contributed by atoms with Crippen molar-refractivity contribution >= 4 is 22.6 Å². The molecular weight excluding hydrogens is 418 g/mol. The standard InChI is InChI=1S/C15H25NO2S.C5H8O.C5H10.C2H6/c1-3-13-10-12(2)14(19-13)16-18-11-15(8-9-17)6-4-5-7-15;1-3-5(2)4-6;1-3-5-4-2;1-2/h10,16-17H,3-9,11H2,1-2H3;3-4H,1-2H3;3H,1,4-5H2,2H3;1-2H3/b;5-3+;;. The summed E-state index contributed by atoms with van der Waals surface area (Å²) in [4.78, 5) is 16.8. The molecule has 5 heteroatoms. The normalized spacial score (nSPS) is 14.1. The Morgan fingerprint density at radius 1 is 1.31 bits per heavy atom. The van der Waals surface area contributed by atoms with Gasteiger partial charge in [-0.05, 0) is 75.5 Å². The third-order valence-electron chi connectivity index (χ3n) is 5.30. The molecule has 2 N–H and O–H groups in total. The first-order valence-corrected chi connectivity index (χ1v) is 13.0. The monoisotopic (exact) mass is 467 g/mol. The predicted octanol–water partition coefficient (Wildman–Crippen LogP) is 8.06. The fourth-order valence-corrected chi connectivity index (χ4v) is 4.14. The molecule has 1 aromatic rings. The van der Waals surface area contributed by atoms with Gasteiger partial charge >= 0.3 is 0 Å². The molecule has 32 heavy (non-hydrogen) atoms. The molecule has 0 spiro atoms. The van der Waals surface area contributed by atoms with Gasteiger partial charge in [0.05, 0.1) is 6.61 Å². The fourth-order valence-electron chi connectivity index (χ4n) is 3.18. The molecular formula is C27H49NO3S. The van der Waals surface area contributed by atoms with E-state index in [-0.39, 0.29) is 12.0 Å². The summed E-state index contributed by atoms with van der Waals surface area (Å²) in [6.07, 6.45) is 13.7. The summed E-state index contributed by atoms with van der Waals surface area (Å²) >= 11 is 1.77.